The molecule has 2 rings (SSSR count). The van der Waals surface area contributed by atoms with E-state index in [-0.39, 0.29) is 5.69 Å². The molecule has 0 radical (unpaired) electrons. The third kappa shape index (κ3) is 2.57. The van der Waals surface area contributed by atoms with Gasteiger partial charge in [0.2, 0.25) is 0 Å². The largest absolute Gasteiger partial charge is 0.409 e. The van der Waals surface area contributed by atoms with Gasteiger partial charge in [0, 0.05) is 30.8 Å². The molecule has 18 heavy (non-hydrogen) atoms. The second kappa shape index (κ2) is 5.46. The first-order valence-electron chi connectivity index (χ1n) is 5.52. The van der Waals surface area contributed by atoms with Crippen LogP contribution in [0.1, 0.15) is 5.56 Å². The molecule has 1 aromatic rings. The van der Waals surface area contributed by atoms with Crippen LogP contribution in [0.15, 0.2) is 29.4 Å². The zero-order valence-corrected chi connectivity index (χ0v) is 9.65. The molecule has 1 heterocycles. The third-order valence-corrected chi connectivity index (χ3v) is 2.72. The molecular weight excluding hydrogens is 238 g/mol. The Bertz CT molecular complexity index is 469. The summed E-state index contributed by atoms with van der Waals surface area (Å²) < 4.78 is 5.21. The van der Waals surface area contributed by atoms with Crippen LogP contribution in [0.2, 0.25) is 0 Å². The Balaban J connectivity index is 2.27. The molecule has 1 aliphatic rings. The lowest BCUT2D eigenvalue weighted by Crippen LogP contribution is -2.41. The van der Waals surface area contributed by atoms with Crippen LogP contribution in [0.3, 0.4) is 0 Å². The lowest BCUT2D eigenvalue weighted by atomic mass is 10.1. The van der Waals surface area contributed by atoms with Gasteiger partial charge in [0.25, 0.3) is 5.69 Å². The van der Waals surface area contributed by atoms with Gasteiger partial charge in [0.15, 0.2) is 5.84 Å². The van der Waals surface area contributed by atoms with Gasteiger partial charge in [-0.2, -0.15) is 0 Å². The van der Waals surface area contributed by atoms with Crippen molar-refractivity contribution in [1.82, 2.24) is 4.90 Å². The number of oxime groups is 1. The Hall–Kier alpha value is -2.15. The molecule has 1 aliphatic heterocycles. The first-order valence-corrected chi connectivity index (χ1v) is 5.52. The van der Waals surface area contributed by atoms with E-state index in [4.69, 9.17) is 9.94 Å². The number of hydrogen-bond donors (Lipinski definition) is 1. The standard InChI is InChI=1S/C11H13N3O4/c15-12-11(13-4-6-18-7-5-13)9-2-1-3-10(8-9)14(16)17/h1-3,8,15H,4-7H2/b12-11-. The van der Waals surface area contributed by atoms with Crippen molar-refractivity contribution in [3.05, 3.63) is 39.9 Å². The van der Waals surface area contributed by atoms with Gasteiger partial charge in [-0.3, -0.25) is 10.1 Å². The number of nitro benzene ring substituents is 1. The first kappa shape index (κ1) is 12.3. The highest BCUT2D eigenvalue weighted by Crippen LogP contribution is 2.16. The van der Waals surface area contributed by atoms with E-state index in [2.05, 4.69) is 5.16 Å². The quantitative estimate of drug-likeness (QED) is 0.279. The zero-order valence-electron chi connectivity index (χ0n) is 9.65. The second-order valence-electron chi connectivity index (χ2n) is 3.83. The fourth-order valence-electron chi connectivity index (χ4n) is 1.84. The summed E-state index contributed by atoms with van der Waals surface area (Å²) >= 11 is 0. The third-order valence-electron chi connectivity index (χ3n) is 2.72. The van der Waals surface area contributed by atoms with Crippen LogP contribution in [0.25, 0.3) is 0 Å². The summed E-state index contributed by atoms with van der Waals surface area (Å²) in [5.74, 6) is 0.335. The topological polar surface area (TPSA) is 88.2 Å². The monoisotopic (exact) mass is 251 g/mol. The van der Waals surface area contributed by atoms with Crippen molar-refractivity contribution < 1.29 is 14.9 Å². The number of hydrogen-bond acceptors (Lipinski definition) is 5. The van der Waals surface area contributed by atoms with E-state index < -0.39 is 4.92 Å². The molecular formula is C11H13N3O4. The van der Waals surface area contributed by atoms with E-state index in [1.165, 1.54) is 12.1 Å². The van der Waals surface area contributed by atoms with Crippen molar-refractivity contribution in [3.8, 4) is 0 Å². The van der Waals surface area contributed by atoms with E-state index in [1.54, 1.807) is 12.1 Å². The summed E-state index contributed by atoms with van der Waals surface area (Å²) in [7, 11) is 0. The average Bonchev–Trinajstić information content (AvgIpc) is 2.41. The highest BCUT2D eigenvalue weighted by molar-refractivity contribution is 5.98. The maximum Gasteiger partial charge on any atom is 0.270 e. The van der Waals surface area contributed by atoms with Crippen molar-refractivity contribution in [3.63, 3.8) is 0 Å². The number of rotatable bonds is 2. The van der Waals surface area contributed by atoms with Crippen molar-refractivity contribution in [2.24, 2.45) is 5.16 Å². The maximum atomic E-state index is 10.7. The molecule has 0 saturated carbocycles. The normalized spacial score (nSPS) is 16.7. The summed E-state index contributed by atoms with van der Waals surface area (Å²) in [5, 5.41) is 23.1. The summed E-state index contributed by atoms with van der Waals surface area (Å²) in [6.07, 6.45) is 0. The molecule has 0 aromatic heterocycles. The molecule has 1 aromatic carbocycles. The van der Waals surface area contributed by atoms with E-state index in [9.17, 15) is 10.1 Å². The van der Waals surface area contributed by atoms with E-state index in [0.29, 0.717) is 37.7 Å². The predicted molar refractivity (Wildman–Crippen MR) is 63.8 cm³/mol. The molecule has 0 spiro atoms. The highest BCUT2D eigenvalue weighted by atomic mass is 16.6. The molecule has 1 saturated heterocycles. The Morgan fingerprint density at radius 1 is 1.44 bits per heavy atom. The predicted octanol–water partition coefficient (Wildman–Crippen LogP) is 1.06. The van der Waals surface area contributed by atoms with Crippen molar-refractivity contribution in [2.45, 2.75) is 0 Å². The molecule has 7 heteroatoms. The van der Waals surface area contributed by atoms with E-state index in [0.717, 1.165) is 0 Å². The van der Waals surface area contributed by atoms with Crippen LogP contribution in [-0.2, 0) is 4.74 Å². The molecule has 0 atom stereocenters. The Labute approximate surface area is 103 Å². The van der Waals surface area contributed by atoms with Crippen LogP contribution >= 0.6 is 0 Å². The number of nitro groups is 1. The molecule has 1 fully saturated rings. The molecule has 0 unspecified atom stereocenters. The average molecular weight is 251 g/mol. The number of morpholine rings is 1. The zero-order chi connectivity index (χ0) is 13.0. The Kier molecular flexibility index (Phi) is 3.73. The summed E-state index contributed by atoms with van der Waals surface area (Å²) in [6, 6.07) is 6.04. The van der Waals surface area contributed by atoms with Crippen LogP contribution in [0.5, 0.6) is 0 Å². The van der Waals surface area contributed by atoms with Crippen LogP contribution in [-0.4, -0.2) is 47.2 Å². The van der Waals surface area contributed by atoms with Gasteiger partial charge in [-0.1, -0.05) is 17.3 Å². The Morgan fingerprint density at radius 2 is 2.17 bits per heavy atom. The molecule has 0 aliphatic carbocycles. The lowest BCUT2D eigenvalue weighted by molar-refractivity contribution is -0.384. The Morgan fingerprint density at radius 3 is 2.78 bits per heavy atom. The SMILES string of the molecule is O=[N+]([O-])c1cccc(/C(=N/O)N2CCOCC2)c1. The summed E-state index contributed by atoms with van der Waals surface area (Å²) in [4.78, 5) is 12.1. The minimum absolute atomic E-state index is 0.0260. The number of benzene rings is 1. The lowest BCUT2D eigenvalue weighted by Gasteiger charge is -2.28. The van der Waals surface area contributed by atoms with E-state index in [1.807, 2.05) is 4.90 Å². The molecule has 7 nitrogen and oxygen atoms in total. The summed E-state index contributed by atoms with van der Waals surface area (Å²) in [6.45, 7) is 2.30. The minimum atomic E-state index is -0.474. The second-order valence-corrected chi connectivity index (χ2v) is 3.83. The van der Waals surface area contributed by atoms with Gasteiger partial charge in [0.05, 0.1) is 18.1 Å². The first-order chi connectivity index (χ1) is 8.72. The fraction of sp³-hybridized carbons (Fsp3) is 0.364. The molecule has 96 valence electrons. The van der Waals surface area contributed by atoms with Crippen LogP contribution in [0, 0.1) is 10.1 Å². The van der Waals surface area contributed by atoms with Gasteiger partial charge >= 0.3 is 0 Å². The van der Waals surface area contributed by atoms with Gasteiger partial charge in [-0.15, -0.1) is 0 Å². The number of amidine groups is 1. The fourth-order valence-corrected chi connectivity index (χ4v) is 1.84. The summed E-state index contributed by atoms with van der Waals surface area (Å²) in [5.41, 5.74) is 0.496. The van der Waals surface area contributed by atoms with Crippen molar-refractivity contribution in [1.29, 1.82) is 0 Å². The van der Waals surface area contributed by atoms with Crippen molar-refractivity contribution >= 4 is 11.5 Å². The molecule has 0 amide bonds. The molecule has 0 bridgehead atoms. The van der Waals surface area contributed by atoms with E-state index >= 15 is 0 Å². The minimum Gasteiger partial charge on any atom is -0.409 e. The number of nitrogens with zero attached hydrogens (tertiary/aromatic N) is 3. The van der Waals surface area contributed by atoms with Gasteiger partial charge in [-0.05, 0) is 0 Å². The van der Waals surface area contributed by atoms with Crippen LogP contribution < -0.4 is 0 Å². The van der Waals surface area contributed by atoms with Gasteiger partial charge < -0.3 is 14.8 Å². The smallest absolute Gasteiger partial charge is 0.270 e. The van der Waals surface area contributed by atoms with Crippen LogP contribution in [0.4, 0.5) is 5.69 Å². The number of ether oxygens (including phenoxy) is 1. The number of non-ortho nitro benzene ring substituents is 1. The van der Waals surface area contributed by atoms with Gasteiger partial charge in [-0.25, -0.2) is 0 Å². The molecule has 1 N–H and O–H groups in total. The highest BCUT2D eigenvalue weighted by Gasteiger charge is 2.19. The van der Waals surface area contributed by atoms with Crippen molar-refractivity contribution in [2.75, 3.05) is 26.3 Å². The van der Waals surface area contributed by atoms with Gasteiger partial charge in [0.1, 0.15) is 0 Å². The maximum absolute atomic E-state index is 10.7.